The summed E-state index contributed by atoms with van der Waals surface area (Å²) in [5.41, 5.74) is 0.940. The lowest BCUT2D eigenvalue weighted by Crippen LogP contribution is -2.13. The molecule has 6 heteroatoms. The van der Waals surface area contributed by atoms with Crippen LogP contribution >= 0.6 is 23.3 Å². The van der Waals surface area contributed by atoms with Crippen molar-refractivity contribution in [3.63, 3.8) is 0 Å². The van der Waals surface area contributed by atoms with Gasteiger partial charge < -0.3 is 5.32 Å². The normalized spacial score (nSPS) is 12.7. The van der Waals surface area contributed by atoms with Crippen molar-refractivity contribution in [3.8, 4) is 0 Å². The second-order valence-corrected chi connectivity index (χ2v) is 5.94. The minimum Gasteiger partial charge on any atom is -0.313 e. The Balaban J connectivity index is 2.31. The number of aromatic nitrogens is 2. The van der Waals surface area contributed by atoms with E-state index in [9.17, 15) is 4.39 Å². The molecule has 1 N–H and O–H groups in total. The molecule has 1 aromatic carbocycles. The van der Waals surface area contributed by atoms with Gasteiger partial charge in [0.15, 0.2) is 4.34 Å². The van der Waals surface area contributed by atoms with Crippen LogP contribution in [0.1, 0.15) is 24.4 Å². The zero-order valence-electron chi connectivity index (χ0n) is 10.4. The molecule has 18 heavy (non-hydrogen) atoms. The molecule has 3 nitrogen and oxygen atoms in total. The molecule has 96 valence electrons. The zero-order chi connectivity index (χ0) is 13.1. The Hall–Kier alpha value is -0.980. The van der Waals surface area contributed by atoms with Crippen LogP contribution < -0.4 is 5.32 Å². The zero-order valence-corrected chi connectivity index (χ0v) is 12.0. The predicted octanol–water partition coefficient (Wildman–Crippen LogP) is 3.42. The first-order valence-electron chi connectivity index (χ1n) is 5.55. The lowest BCUT2D eigenvalue weighted by atomic mass is 10.1. The Morgan fingerprint density at radius 1 is 1.44 bits per heavy atom. The van der Waals surface area contributed by atoms with Gasteiger partial charge in [0.05, 0.1) is 0 Å². The number of benzene rings is 1. The van der Waals surface area contributed by atoms with E-state index in [1.165, 1.54) is 29.4 Å². The van der Waals surface area contributed by atoms with Gasteiger partial charge in [0.25, 0.3) is 0 Å². The van der Waals surface area contributed by atoms with Crippen LogP contribution in [0.15, 0.2) is 27.4 Å². The fraction of sp³-hybridized carbons (Fsp3) is 0.333. The van der Waals surface area contributed by atoms with Crippen LogP contribution in [0.25, 0.3) is 0 Å². The van der Waals surface area contributed by atoms with E-state index in [0.29, 0.717) is 0 Å². The second-order valence-electron chi connectivity index (χ2n) is 3.90. The molecule has 0 saturated carbocycles. The predicted molar refractivity (Wildman–Crippen MR) is 72.6 cm³/mol. The maximum atomic E-state index is 13.3. The monoisotopic (exact) mass is 283 g/mol. The summed E-state index contributed by atoms with van der Waals surface area (Å²) in [5.74, 6) is 0.553. The van der Waals surface area contributed by atoms with Crippen LogP contribution in [0.4, 0.5) is 4.39 Å². The number of rotatable bonds is 4. The maximum Gasteiger partial charge on any atom is 0.174 e. The summed E-state index contributed by atoms with van der Waals surface area (Å²) in [4.78, 5) is 5.32. The molecule has 0 aliphatic carbocycles. The van der Waals surface area contributed by atoms with E-state index in [1.807, 2.05) is 20.9 Å². The fourth-order valence-electron chi connectivity index (χ4n) is 1.52. The highest BCUT2D eigenvalue weighted by Gasteiger charge is 2.13. The Kier molecular flexibility index (Phi) is 4.31. The van der Waals surface area contributed by atoms with Crippen molar-refractivity contribution in [2.24, 2.45) is 0 Å². The van der Waals surface area contributed by atoms with Crippen LogP contribution in [0, 0.1) is 12.7 Å². The van der Waals surface area contributed by atoms with Gasteiger partial charge in [-0.1, -0.05) is 11.8 Å². The van der Waals surface area contributed by atoms with E-state index in [-0.39, 0.29) is 11.9 Å². The Morgan fingerprint density at radius 3 is 2.83 bits per heavy atom. The van der Waals surface area contributed by atoms with Crippen LogP contribution in [-0.4, -0.2) is 16.4 Å². The van der Waals surface area contributed by atoms with E-state index in [2.05, 4.69) is 14.7 Å². The first-order valence-corrected chi connectivity index (χ1v) is 7.14. The molecule has 0 spiro atoms. The number of hydrogen-bond acceptors (Lipinski definition) is 5. The van der Waals surface area contributed by atoms with E-state index in [1.54, 1.807) is 12.1 Å². The molecule has 0 bridgehead atoms. The van der Waals surface area contributed by atoms with Gasteiger partial charge in [-0.15, -0.1) is 0 Å². The number of halogens is 1. The third-order valence-electron chi connectivity index (χ3n) is 2.58. The topological polar surface area (TPSA) is 37.8 Å². The quantitative estimate of drug-likeness (QED) is 0.933. The summed E-state index contributed by atoms with van der Waals surface area (Å²) in [6.07, 6.45) is 0. The van der Waals surface area contributed by atoms with E-state index in [0.717, 1.165) is 20.6 Å². The second kappa shape index (κ2) is 5.77. The van der Waals surface area contributed by atoms with Gasteiger partial charge in [-0.3, -0.25) is 0 Å². The molecule has 0 amide bonds. The van der Waals surface area contributed by atoms with Crippen molar-refractivity contribution >= 4 is 23.3 Å². The first-order chi connectivity index (χ1) is 8.60. The van der Waals surface area contributed by atoms with Gasteiger partial charge in [0.2, 0.25) is 0 Å². The minimum atomic E-state index is -0.218. The van der Waals surface area contributed by atoms with Crippen LogP contribution in [0.2, 0.25) is 0 Å². The Morgan fingerprint density at radius 2 is 2.22 bits per heavy atom. The SMILES string of the molecule is CNC(C)c1cc(F)ccc1Sc1nc(C)ns1. The summed E-state index contributed by atoms with van der Waals surface area (Å²) in [6.45, 7) is 3.87. The molecule has 0 aliphatic rings. The lowest BCUT2D eigenvalue weighted by Gasteiger charge is -2.14. The number of aryl methyl sites for hydroxylation is 1. The highest BCUT2D eigenvalue weighted by atomic mass is 32.2. The molecule has 0 saturated heterocycles. The Labute approximate surface area is 114 Å². The molecule has 1 atom stereocenters. The molecule has 1 aromatic heterocycles. The first kappa shape index (κ1) is 13.5. The van der Waals surface area contributed by atoms with Crippen LogP contribution in [-0.2, 0) is 0 Å². The van der Waals surface area contributed by atoms with E-state index in [4.69, 9.17) is 0 Å². The summed E-state index contributed by atoms with van der Waals surface area (Å²) in [7, 11) is 1.86. The molecule has 0 aliphatic heterocycles. The highest BCUT2D eigenvalue weighted by Crippen LogP contribution is 2.34. The third-order valence-corrected chi connectivity index (χ3v) is 4.51. The molecule has 2 aromatic rings. The van der Waals surface area contributed by atoms with Crippen molar-refractivity contribution in [2.75, 3.05) is 7.05 Å². The van der Waals surface area contributed by atoms with Crippen LogP contribution in [0.3, 0.4) is 0 Å². The summed E-state index contributed by atoms with van der Waals surface area (Å²) in [5, 5.41) is 3.13. The molecule has 2 rings (SSSR count). The van der Waals surface area contributed by atoms with Gasteiger partial charge in [-0.05, 0) is 56.2 Å². The van der Waals surface area contributed by atoms with Gasteiger partial charge >= 0.3 is 0 Å². The molecule has 1 heterocycles. The number of nitrogens with zero attached hydrogens (tertiary/aromatic N) is 2. The van der Waals surface area contributed by atoms with Crippen molar-refractivity contribution in [3.05, 3.63) is 35.4 Å². The largest absolute Gasteiger partial charge is 0.313 e. The smallest absolute Gasteiger partial charge is 0.174 e. The van der Waals surface area contributed by atoms with Crippen molar-refractivity contribution in [2.45, 2.75) is 29.1 Å². The van der Waals surface area contributed by atoms with Crippen molar-refractivity contribution in [1.82, 2.24) is 14.7 Å². The Bertz CT molecular complexity index is 542. The average molecular weight is 283 g/mol. The minimum absolute atomic E-state index is 0.0946. The van der Waals surface area contributed by atoms with E-state index >= 15 is 0 Å². The van der Waals surface area contributed by atoms with Gasteiger partial charge in [0.1, 0.15) is 11.6 Å². The third kappa shape index (κ3) is 3.07. The lowest BCUT2D eigenvalue weighted by molar-refractivity contribution is 0.601. The molecule has 0 fully saturated rings. The fourth-order valence-corrected chi connectivity index (χ4v) is 3.33. The van der Waals surface area contributed by atoms with Crippen LogP contribution in [0.5, 0.6) is 0 Å². The van der Waals surface area contributed by atoms with Gasteiger partial charge in [-0.25, -0.2) is 9.37 Å². The number of nitrogens with one attached hydrogen (secondary N) is 1. The molecule has 0 radical (unpaired) electrons. The summed E-state index contributed by atoms with van der Waals surface area (Å²) < 4.78 is 18.3. The molecule has 1 unspecified atom stereocenters. The van der Waals surface area contributed by atoms with E-state index < -0.39 is 0 Å². The standard InChI is InChI=1S/C12H14FN3S2/c1-7(14-3)10-6-9(13)4-5-11(10)17-12-15-8(2)16-18-12/h4-7,14H,1-3H3. The highest BCUT2D eigenvalue weighted by molar-refractivity contribution is 8.01. The number of hydrogen-bond donors (Lipinski definition) is 1. The molecular formula is C12H14FN3S2. The summed E-state index contributed by atoms with van der Waals surface area (Å²) in [6, 6.07) is 4.93. The van der Waals surface area contributed by atoms with Crippen molar-refractivity contribution < 1.29 is 4.39 Å². The van der Waals surface area contributed by atoms with Gasteiger partial charge in [-0.2, -0.15) is 4.37 Å². The van der Waals surface area contributed by atoms with Gasteiger partial charge in [0, 0.05) is 10.9 Å². The average Bonchev–Trinajstić information content (AvgIpc) is 2.76. The maximum absolute atomic E-state index is 13.3. The summed E-state index contributed by atoms with van der Waals surface area (Å²) >= 11 is 2.89. The van der Waals surface area contributed by atoms with Crippen molar-refractivity contribution in [1.29, 1.82) is 0 Å². The molecular weight excluding hydrogens is 269 g/mol.